The molecule has 266 valence electrons. The normalized spacial score (nSPS) is 20.4. The number of aliphatic hydroxyl groups excluding tert-OH is 1. The van der Waals surface area contributed by atoms with Gasteiger partial charge in [-0.15, -0.1) is 0 Å². The van der Waals surface area contributed by atoms with Gasteiger partial charge in [-0.2, -0.15) is 0 Å². The van der Waals surface area contributed by atoms with E-state index in [9.17, 15) is 24.2 Å². The van der Waals surface area contributed by atoms with Crippen molar-refractivity contribution in [3.05, 3.63) is 0 Å². The molecular formula is C36H70NO7P. The molecule has 0 saturated carbocycles. The van der Waals surface area contributed by atoms with Crippen LogP contribution in [0.4, 0.5) is 0 Å². The van der Waals surface area contributed by atoms with Crippen LogP contribution in [-0.2, 0) is 23.6 Å². The number of ketones is 2. The number of hydrogen-bond donors (Lipinski definition) is 2. The zero-order chi connectivity index (χ0) is 34.9. The fraction of sp³-hybridized carbons (Fsp3) is 0.944. The molecule has 1 rings (SSSR count). The molecule has 0 aliphatic carbocycles. The molecule has 0 radical (unpaired) electrons. The number of likely N-dealkylation sites (tertiary alicyclic amines) is 1. The van der Waals surface area contributed by atoms with E-state index in [0.29, 0.717) is 38.0 Å². The van der Waals surface area contributed by atoms with Gasteiger partial charge in [0.2, 0.25) is 0 Å². The average molecular weight is 660 g/mol. The molecule has 1 aliphatic rings. The Bertz CT molecular complexity index is 988. The van der Waals surface area contributed by atoms with Crippen molar-refractivity contribution in [2.75, 3.05) is 13.2 Å². The van der Waals surface area contributed by atoms with Crippen molar-refractivity contribution in [2.24, 2.45) is 5.41 Å². The van der Waals surface area contributed by atoms with Crippen molar-refractivity contribution in [1.82, 2.24) is 4.90 Å². The van der Waals surface area contributed by atoms with Crippen LogP contribution < -0.4 is 0 Å². The van der Waals surface area contributed by atoms with Crippen molar-refractivity contribution in [2.45, 2.75) is 201 Å². The predicted octanol–water partition coefficient (Wildman–Crippen LogP) is 8.64. The highest BCUT2D eigenvalue weighted by atomic mass is 31.2. The van der Waals surface area contributed by atoms with Gasteiger partial charge in [0.15, 0.2) is 5.78 Å². The highest BCUT2D eigenvalue weighted by Gasteiger charge is 2.55. The highest BCUT2D eigenvalue weighted by molar-refractivity contribution is 7.60. The first-order chi connectivity index (χ1) is 20.5. The molecule has 0 aromatic heterocycles. The summed E-state index contributed by atoms with van der Waals surface area (Å²) in [6.45, 7) is 22.8. The summed E-state index contributed by atoms with van der Waals surface area (Å²) in [7, 11) is -4.01. The summed E-state index contributed by atoms with van der Waals surface area (Å²) in [5.74, 6) is 0.519. The predicted molar refractivity (Wildman–Crippen MR) is 185 cm³/mol. The minimum atomic E-state index is -4.01. The second-order valence-corrected chi connectivity index (χ2v) is 19.5. The fourth-order valence-electron chi connectivity index (χ4n) is 6.21. The molecule has 8 nitrogen and oxygen atoms in total. The van der Waals surface area contributed by atoms with Crippen molar-refractivity contribution < 1.29 is 33.6 Å². The first-order valence-corrected chi connectivity index (χ1v) is 19.3. The van der Waals surface area contributed by atoms with E-state index in [4.69, 9.17) is 9.47 Å². The van der Waals surface area contributed by atoms with Crippen LogP contribution in [0.1, 0.15) is 167 Å². The quantitative estimate of drug-likeness (QED) is 0.0828. The van der Waals surface area contributed by atoms with Gasteiger partial charge >= 0.3 is 0 Å². The van der Waals surface area contributed by atoms with Crippen LogP contribution in [0.3, 0.4) is 0 Å². The molecule has 0 aromatic carbocycles. The second-order valence-electron chi connectivity index (χ2n) is 16.2. The Balaban J connectivity index is 2.58. The number of carbonyl (C=O) groups is 2. The number of aliphatic hydroxyl groups is 1. The summed E-state index contributed by atoms with van der Waals surface area (Å²) in [6.07, 6.45) is 11.1. The van der Waals surface area contributed by atoms with E-state index in [1.165, 1.54) is 0 Å². The lowest BCUT2D eigenvalue weighted by Gasteiger charge is -2.45. The molecule has 1 aliphatic heterocycles. The van der Waals surface area contributed by atoms with Crippen molar-refractivity contribution >= 4 is 18.9 Å². The van der Waals surface area contributed by atoms with Crippen molar-refractivity contribution in [3.8, 4) is 0 Å². The van der Waals surface area contributed by atoms with Gasteiger partial charge in [0.05, 0.1) is 23.9 Å². The molecule has 1 unspecified atom stereocenters. The van der Waals surface area contributed by atoms with Crippen molar-refractivity contribution in [1.29, 1.82) is 0 Å². The molecule has 1 heterocycles. The van der Waals surface area contributed by atoms with Gasteiger partial charge in [0, 0.05) is 30.8 Å². The number of rotatable bonds is 23. The van der Waals surface area contributed by atoms with Crippen LogP contribution >= 0.6 is 7.37 Å². The van der Waals surface area contributed by atoms with E-state index in [2.05, 4.69) is 6.92 Å². The Labute approximate surface area is 276 Å². The number of β-amino-alcohol motifs (C(OH)–C–C–N with tert-alkyl or cyclic N) is 1. The molecule has 1 fully saturated rings. The lowest BCUT2D eigenvalue weighted by Crippen LogP contribution is -2.54. The summed E-state index contributed by atoms with van der Waals surface area (Å²) >= 11 is 0. The average Bonchev–Trinajstić information content (AvgIpc) is 3.33. The molecule has 0 amide bonds. The lowest BCUT2D eigenvalue weighted by atomic mass is 9.83. The van der Waals surface area contributed by atoms with E-state index >= 15 is 0 Å². The van der Waals surface area contributed by atoms with Gasteiger partial charge < -0.3 is 19.5 Å². The van der Waals surface area contributed by atoms with E-state index in [1.807, 2.05) is 53.4 Å². The number of hydrogen-bond acceptors (Lipinski definition) is 7. The molecule has 3 atom stereocenters. The third-order valence-corrected chi connectivity index (χ3v) is 13.6. The molecule has 2 N–H and O–H groups in total. The maximum Gasteiger partial charge on any atom is 0.261 e. The molecule has 45 heavy (non-hydrogen) atoms. The third kappa shape index (κ3) is 12.1. The van der Waals surface area contributed by atoms with E-state index in [0.717, 1.165) is 57.8 Å². The van der Waals surface area contributed by atoms with Gasteiger partial charge in [0.1, 0.15) is 16.5 Å². The number of nitrogens with zero attached hydrogens (tertiary/aromatic N) is 1. The Morgan fingerprint density at radius 3 is 1.69 bits per heavy atom. The Morgan fingerprint density at radius 2 is 1.22 bits per heavy atom. The summed E-state index contributed by atoms with van der Waals surface area (Å²) in [4.78, 5) is 39.0. The summed E-state index contributed by atoms with van der Waals surface area (Å²) in [5, 5.41) is 7.84. The first kappa shape index (κ1) is 42.4. The van der Waals surface area contributed by atoms with E-state index < -0.39 is 35.3 Å². The van der Waals surface area contributed by atoms with Gasteiger partial charge in [-0.25, -0.2) is 0 Å². The molecule has 0 aromatic rings. The molecule has 0 bridgehead atoms. The maximum absolute atomic E-state index is 13.8. The van der Waals surface area contributed by atoms with E-state index in [1.54, 1.807) is 27.7 Å². The second kappa shape index (κ2) is 17.2. The molecule has 9 heteroatoms. The Morgan fingerprint density at radius 1 is 0.756 bits per heavy atom. The van der Waals surface area contributed by atoms with Crippen LogP contribution in [0, 0.1) is 5.41 Å². The minimum Gasteiger partial charge on any atom is -0.392 e. The van der Waals surface area contributed by atoms with Gasteiger partial charge in [0.25, 0.3) is 7.37 Å². The van der Waals surface area contributed by atoms with Gasteiger partial charge in [-0.1, -0.05) is 66.2 Å². The van der Waals surface area contributed by atoms with Gasteiger partial charge in [-0.3, -0.25) is 19.1 Å². The largest absolute Gasteiger partial charge is 0.392 e. The summed E-state index contributed by atoms with van der Waals surface area (Å²) < 4.78 is 26.1. The zero-order valence-corrected chi connectivity index (χ0v) is 32.0. The topological polar surface area (TPSA) is 113 Å². The Hall–Kier alpha value is -0.630. The van der Waals surface area contributed by atoms with Crippen molar-refractivity contribution in [3.63, 3.8) is 0 Å². The molecule has 1 saturated heterocycles. The van der Waals surface area contributed by atoms with Crippen LogP contribution in [0.2, 0.25) is 0 Å². The zero-order valence-electron chi connectivity index (χ0n) is 31.1. The van der Waals surface area contributed by atoms with Crippen LogP contribution in [-0.4, -0.2) is 73.6 Å². The first-order valence-electron chi connectivity index (χ1n) is 17.7. The van der Waals surface area contributed by atoms with E-state index in [-0.39, 0.29) is 23.8 Å². The highest BCUT2D eigenvalue weighted by Crippen LogP contribution is 2.65. The maximum atomic E-state index is 13.8. The minimum absolute atomic E-state index is 0.128. The van der Waals surface area contributed by atoms with Crippen LogP contribution in [0.15, 0.2) is 0 Å². The smallest absolute Gasteiger partial charge is 0.261 e. The molecule has 0 spiro atoms. The summed E-state index contributed by atoms with van der Waals surface area (Å²) in [5.41, 5.74) is -1.55. The summed E-state index contributed by atoms with van der Waals surface area (Å²) in [6, 6.07) is -0.252. The molecular weight excluding hydrogens is 589 g/mol. The number of ether oxygens (including phenoxy) is 2. The lowest BCUT2D eigenvalue weighted by molar-refractivity contribution is -0.131. The van der Waals surface area contributed by atoms with Crippen LogP contribution in [0.5, 0.6) is 0 Å². The number of unbranched alkanes of at least 4 members (excludes halogenated alkanes) is 7. The number of Topliss-reactive ketones (excluding diaryl/α,β-unsaturated/α-hetero) is 2. The SMILES string of the molecule is CCC(C)(C)OC(C)(C)P(=O)(O)C(C)(C)OC[C@@H]1C[C@@H](O)CN1C(C)(C)C(=O)CCCCCCCCCCC(=O)C(C)(C)CC. The number of carbonyl (C=O) groups excluding carboxylic acids is 2. The van der Waals surface area contributed by atoms with Crippen LogP contribution in [0.25, 0.3) is 0 Å². The fourth-order valence-corrected chi connectivity index (χ4v) is 8.13. The Kier molecular flexibility index (Phi) is 16.2. The standard InChI is InChI=1S/C36H70NO7P/c1-13-32(3,4)30(39)23-21-19-17-15-16-18-20-22-24-31(40)34(7,8)37-26-29(38)25-28(37)27-43-35(9,10)45(41,42)36(11,12)44-33(5,6)14-2/h28-29,38H,13-27H2,1-12H3,(H,41,42)/t28-,29+/m0/s1. The monoisotopic (exact) mass is 659 g/mol. The van der Waals surface area contributed by atoms with Gasteiger partial charge in [-0.05, 0) is 87.5 Å². The third-order valence-electron chi connectivity index (χ3n) is 10.5.